The van der Waals surface area contributed by atoms with E-state index in [2.05, 4.69) is 10.1 Å². The third-order valence-electron chi connectivity index (χ3n) is 2.05. The molecule has 0 spiro atoms. The van der Waals surface area contributed by atoms with E-state index in [-0.39, 0.29) is 0 Å². The Morgan fingerprint density at radius 1 is 1.57 bits per heavy atom. The molecule has 0 amide bonds. The molecule has 4 nitrogen and oxygen atoms in total. The first kappa shape index (κ1) is 9.21. The van der Waals surface area contributed by atoms with Crippen LogP contribution in [-0.4, -0.2) is 14.8 Å². The molecule has 2 rings (SSSR count). The minimum absolute atomic E-state index is 0.822. The molecule has 0 atom stereocenters. The molecule has 0 aliphatic rings. The average Bonchev–Trinajstić information content (AvgIpc) is 2.71. The standard InChI is InChI=1S/C9H12N4S/c1-3-13-9(11-5-12-13)8-6(2)4-7(10)14-8/h4-5H,3,10H2,1-2H3. The molecule has 2 aromatic rings. The van der Waals surface area contributed by atoms with Gasteiger partial charge in [-0.25, -0.2) is 9.67 Å². The van der Waals surface area contributed by atoms with Gasteiger partial charge in [0.15, 0.2) is 5.82 Å². The number of anilines is 1. The van der Waals surface area contributed by atoms with Crippen molar-refractivity contribution in [1.82, 2.24) is 14.8 Å². The summed E-state index contributed by atoms with van der Waals surface area (Å²) in [6, 6.07) is 1.97. The lowest BCUT2D eigenvalue weighted by Gasteiger charge is -2.00. The van der Waals surface area contributed by atoms with Gasteiger partial charge in [0.25, 0.3) is 0 Å². The van der Waals surface area contributed by atoms with Crippen LogP contribution in [-0.2, 0) is 6.54 Å². The molecule has 0 saturated carbocycles. The summed E-state index contributed by atoms with van der Waals surface area (Å²) >= 11 is 1.56. The van der Waals surface area contributed by atoms with Crippen molar-refractivity contribution < 1.29 is 0 Å². The smallest absolute Gasteiger partial charge is 0.168 e. The fraction of sp³-hybridized carbons (Fsp3) is 0.333. The van der Waals surface area contributed by atoms with Crippen LogP contribution < -0.4 is 5.73 Å². The van der Waals surface area contributed by atoms with Crippen molar-refractivity contribution in [3.8, 4) is 10.7 Å². The molecule has 0 fully saturated rings. The van der Waals surface area contributed by atoms with E-state index in [4.69, 9.17) is 5.73 Å². The maximum Gasteiger partial charge on any atom is 0.168 e. The predicted molar refractivity (Wildman–Crippen MR) is 58.2 cm³/mol. The van der Waals surface area contributed by atoms with Crippen LogP contribution in [0.3, 0.4) is 0 Å². The molecule has 0 bridgehead atoms. The highest BCUT2D eigenvalue weighted by Crippen LogP contribution is 2.32. The zero-order valence-corrected chi connectivity index (χ0v) is 9.01. The molecular formula is C9H12N4S. The zero-order chi connectivity index (χ0) is 10.1. The largest absolute Gasteiger partial charge is 0.391 e. The molecule has 74 valence electrons. The molecule has 0 aliphatic heterocycles. The molecule has 14 heavy (non-hydrogen) atoms. The highest BCUT2D eigenvalue weighted by atomic mass is 32.1. The van der Waals surface area contributed by atoms with Gasteiger partial charge in [0, 0.05) is 6.54 Å². The number of nitrogens with zero attached hydrogens (tertiary/aromatic N) is 3. The molecule has 0 saturated heterocycles. The summed E-state index contributed by atoms with van der Waals surface area (Å²) in [7, 11) is 0. The summed E-state index contributed by atoms with van der Waals surface area (Å²) in [5.41, 5.74) is 6.90. The second-order valence-electron chi connectivity index (χ2n) is 3.06. The molecule has 2 heterocycles. The molecule has 0 radical (unpaired) electrons. The van der Waals surface area contributed by atoms with Crippen LogP contribution in [0.4, 0.5) is 5.00 Å². The fourth-order valence-corrected chi connectivity index (χ4v) is 2.34. The Bertz CT molecular complexity index is 443. The molecule has 5 heteroatoms. The molecule has 0 unspecified atom stereocenters. The van der Waals surface area contributed by atoms with Gasteiger partial charge in [-0.05, 0) is 25.5 Å². The van der Waals surface area contributed by atoms with Gasteiger partial charge in [-0.15, -0.1) is 11.3 Å². The average molecular weight is 208 g/mol. The van der Waals surface area contributed by atoms with E-state index in [1.165, 1.54) is 0 Å². The summed E-state index contributed by atoms with van der Waals surface area (Å²) in [5.74, 6) is 0.909. The lowest BCUT2D eigenvalue weighted by molar-refractivity contribution is 0.666. The Morgan fingerprint density at radius 2 is 2.36 bits per heavy atom. The third kappa shape index (κ3) is 1.39. The van der Waals surface area contributed by atoms with Gasteiger partial charge >= 0.3 is 0 Å². The van der Waals surface area contributed by atoms with Gasteiger partial charge in [0.05, 0.1) is 9.88 Å². The van der Waals surface area contributed by atoms with E-state index in [1.54, 1.807) is 17.7 Å². The minimum Gasteiger partial charge on any atom is -0.391 e. The van der Waals surface area contributed by atoms with Gasteiger partial charge in [-0.2, -0.15) is 5.10 Å². The van der Waals surface area contributed by atoms with Gasteiger partial charge in [0.1, 0.15) is 6.33 Å². The van der Waals surface area contributed by atoms with Crippen LogP contribution in [0.5, 0.6) is 0 Å². The van der Waals surface area contributed by atoms with Crippen molar-refractivity contribution in [2.45, 2.75) is 20.4 Å². The fourth-order valence-electron chi connectivity index (χ4n) is 1.40. The van der Waals surface area contributed by atoms with E-state index in [0.717, 1.165) is 27.8 Å². The van der Waals surface area contributed by atoms with E-state index in [0.29, 0.717) is 0 Å². The van der Waals surface area contributed by atoms with E-state index < -0.39 is 0 Å². The quantitative estimate of drug-likeness (QED) is 0.820. The first-order valence-corrected chi connectivity index (χ1v) is 5.28. The number of aryl methyl sites for hydroxylation is 2. The van der Waals surface area contributed by atoms with Gasteiger partial charge in [-0.3, -0.25) is 0 Å². The molecular weight excluding hydrogens is 196 g/mol. The number of thiophene rings is 1. The summed E-state index contributed by atoms with van der Waals surface area (Å²) in [5, 5.41) is 4.96. The first-order valence-electron chi connectivity index (χ1n) is 4.46. The topological polar surface area (TPSA) is 56.7 Å². The number of nitrogens with two attached hydrogens (primary N) is 1. The van der Waals surface area contributed by atoms with Gasteiger partial charge in [0.2, 0.25) is 0 Å². The Balaban J connectivity index is 2.53. The Labute approximate surface area is 86.4 Å². The predicted octanol–water partition coefficient (Wildman–Crippen LogP) is 1.92. The van der Waals surface area contributed by atoms with Crippen LogP contribution in [0.1, 0.15) is 12.5 Å². The minimum atomic E-state index is 0.822. The Hall–Kier alpha value is -1.36. The van der Waals surface area contributed by atoms with E-state index in [9.17, 15) is 0 Å². The van der Waals surface area contributed by atoms with Gasteiger partial charge < -0.3 is 5.73 Å². The normalized spacial score (nSPS) is 10.7. The lowest BCUT2D eigenvalue weighted by Crippen LogP contribution is -1.98. The van der Waals surface area contributed by atoms with Crippen LogP contribution in [0.15, 0.2) is 12.4 Å². The molecule has 2 N–H and O–H groups in total. The summed E-state index contributed by atoms with van der Waals surface area (Å²) < 4.78 is 1.87. The van der Waals surface area contributed by atoms with Crippen molar-refractivity contribution in [2.75, 3.05) is 5.73 Å². The number of rotatable bonds is 2. The number of aromatic nitrogens is 3. The maximum absolute atomic E-state index is 5.74. The van der Waals surface area contributed by atoms with Crippen LogP contribution in [0.25, 0.3) is 10.7 Å². The maximum atomic E-state index is 5.74. The number of hydrogen-bond acceptors (Lipinski definition) is 4. The second kappa shape index (κ2) is 3.42. The van der Waals surface area contributed by atoms with Crippen molar-refractivity contribution in [3.63, 3.8) is 0 Å². The van der Waals surface area contributed by atoms with Crippen molar-refractivity contribution in [2.24, 2.45) is 0 Å². The van der Waals surface area contributed by atoms with Crippen LogP contribution in [0, 0.1) is 6.92 Å². The SMILES string of the molecule is CCn1ncnc1-c1sc(N)cc1C. The zero-order valence-electron chi connectivity index (χ0n) is 8.19. The monoisotopic (exact) mass is 208 g/mol. The Kier molecular flexibility index (Phi) is 2.25. The highest BCUT2D eigenvalue weighted by Gasteiger charge is 2.11. The van der Waals surface area contributed by atoms with E-state index >= 15 is 0 Å². The second-order valence-corrected chi connectivity index (χ2v) is 4.14. The lowest BCUT2D eigenvalue weighted by atomic mass is 10.3. The molecule has 0 aliphatic carbocycles. The summed E-state index contributed by atoms with van der Waals surface area (Å²) in [6.45, 7) is 4.91. The first-order chi connectivity index (χ1) is 6.72. The van der Waals surface area contributed by atoms with Crippen LogP contribution >= 0.6 is 11.3 Å². The van der Waals surface area contributed by atoms with Crippen molar-refractivity contribution in [3.05, 3.63) is 18.0 Å². The third-order valence-corrected chi connectivity index (χ3v) is 3.12. The molecule has 2 aromatic heterocycles. The highest BCUT2D eigenvalue weighted by molar-refractivity contribution is 7.19. The summed E-state index contributed by atoms with van der Waals surface area (Å²) in [4.78, 5) is 5.35. The Morgan fingerprint density at radius 3 is 2.93 bits per heavy atom. The number of hydrogen-bond donors (Lipinski definition) is 1. The van der Waals surface area contributed by atoms with Gasteiger partial charge in [-0.1, -0.05) is 0 Å². The van der Waals surface area contributed by atoms with Crippen molar-refractivity contribution in [1.29, 1.82) is 0 Å². The molecule has 0 aromatic carbocycles. The van der Waals surface area contributed by atoms with Crippen LogP contribution in [0.2, 0.25) is 0 Å². The van der Waals surface area contributed by atoms with E-state index in [1.807, 2.05) is 24.6 Å². The number of nitrogen functional groups attached to an aromatic ring is 1. The van der Waals surface area contributed by atoms with Crippen molar-refractivity contribution >= 4 is 16.3 Å². The summed E-state index contributed by atoms with van der Waals surface area (Å²) in [6.07, 6.45) is 1.58.